The maximum atomic E-state index is 12.0. The van der Waals surface area contributed by atoms with Crippen LogP contribution in [-0.4, -0.2) is 36.8 Å². The van der Waals surface area contributed by atoms with Crippen molar-refractivity contribution in [2.24, 2.45) is 0 Å². The van der Waals surface area contributed by atoms with Gasteiger partial charge in [-0.25, -0.2) is 0 Å². The lowest BCUT2D eigenvalue weighted by Gasteiger charge is -2.19. The number of hydrogen-bond acceptors (Lipinski definition) is 3. The summed E-state index contributed by atoms with van der Waals surface area (Å²) in [6.45, 7) is 5.10. The van der Waals surface area contributed by atoms with E-state index in [1.807, 2.05) is 13.8 Å². The molecule has 0 atom stereocenters. The lowest BCUT2D eigenvalue weighted by atomic mass is 10.3. The number of benzene rings is 1. The normalized spacial score (nSPS) is 11.1. The second-order valence-corrected chi connectivity index (χ2v) is 3.99. The van der Waals surface area contributed by atoms with Crippen molar-refractivity contribution in [2.45, 2.75) is 20.2 Å². The number of rotatable bonds is 6. The zero-order chi connectivity index (χ0) is 15.2. The molecule has 20 heavy (non-hydrogen) atoms. The molecule has 7 heteroatoms. The van der Waals surface area contributed by atoms with Gasteiger partial charge in [-0.1, -0.05) is 0 Å². The third-order valence-electron chi connectivity index (χ3n) is 2.65. The van der Waals surface area contributed by atoms with E-state index in [9.17, 15) is 18.0 Å². The number of halogens is 3. The molecule has 112 valence electrons. The maximum Gasteiger partial charge on any atom is 0.573 e. The molecule has 1 aromatic carbocycles. The van der Waals surface area contributed by atoms with Crippen LogP contribution in [0.15, 0.2) is 24.3 Å². The zero-order valence-electron chi connectivity index (χ0n) is 11.3. The number of nitrogens with one attached hydrogen (secondary N) is 1. The Balaban J connectivity index is 2.52. The van der Waals surface area contributed by atoms with Crippen molar-refractivity contribution in [3.05, 3.63) is 24.3 Å². The maximum absolute atomic E-state index is 12.0. The van der Waals surface area contributed by atoms with E-state index in [-0.39, 0.29) is 18.2 Å². The first-order valence-corrected chi connectivity index (χ1v) is 6.23. The molecule has 0 radical (unpaired) electrons. The van der Waals surface area contributed by atoms with Gasteiger partial charge in [0.1, 0.15) is 5.75 Å². The third kappa shape index (κ3) is 5.38. The lowest BCUT2D eigenvalue weighted by molar-refractivity contribution is -0.274. The van der Waals surface area contributed by atoms with Gasteiger partial charge < -0.3 is 15.0 Å². The number of alkyl halides is 3. The Bertz CT molecular complexity index is 428. The van der Waals surface area contributed by atoms with E-state index in [1.54, 1.807) is 4.90 Å². The van der Waals surface area contributed by atoms with Gasteiger partial charge in [0.25, 0.3) is 0 Å². The van der Waals surface area contributed by atoms with Crippen molar-refractivity contribution >= 4 is 11.6 Å². The highest BCUT2D eigenvalue weighted by atomic mass is 19.4. The fourth-order valence-corrected chi connectivity index (χ4v) is 1.64. The fraction of sp³-hybridized carbons (Fsp3) is 0.462. The van der Waals surface area contributed by atoms with E-state index in [0.29, 0.717) is 18.8 Å². The van der Waals surface area contributed by atoms with Crippen LogP contribution in [0.5, 0.6) is 5.75 Å². The van der Waals surface area contributed by atoms with E-state index in [0.717, 1.165) is 0 Å². The molecule has 0 aliphatic carbocycles. The van der Waals surface area contributed by atoms with Crippen LogP contribution in [0.3, 0.4) is 0 Å². The Labute approximate surface area is 115 Å². The lowest BCUT2D eigenvalue weighted by Crippen LogP contribution is -2.35. The zero-order valence-corrected chi connectivity index (χ0v) is 11.3. The minimum atomic E-state index is -4.70. The van der Waals surface area contributed by atoms with Gasteiger partial charge in [0.2, 0.25) is 5.91 Å². The van der Waals surface area contributed by atoms with Crippen LogP contribution in [0.4, 0.5) is 18.9 Å². The highest BCUT2D eigenvalue weighted by Crippen LogP contribution is 2.23. The molecule has 1 amide bonds. The Morgan fingerprint density at radius 3 is 2.20 bits per heavy atom. The van der Waals surface area contributed by atoms with Crippen LogP contribution in [0.2, 0.25) is 0 Å². The van der Waals surface area contributed by atoms with Crippen LogP contribution >= 0.6 is 0 Å². The first-order valence-electron chi connectivity index (χ1n) is 6.23. The summed E-state index contributed by atoms with van der Waals surface area (Å²) >= 11 is 0. The summed E-state index contributed by atoms with van der Waals surface area (Å²) in [4.78, 5) is 13.4. The van der Waals surface area contributed by atoms with Crippen molar-refractivity contribution in [1.29, 1.82) is 0 Å². The summed E-state index contributed by atoms with van der Waals surface area (Å²) in [6.07, 6.45) is -4.70. The molecule has 0 bridgehead atoms. The number of nitrogens with zero attached hydrogens (tertiary/aromatic N) is 1. The van der Waals surface area contributed by atoms with Crippen molar-refractivity contribution in [1.82, 2.24) is 4.90 Å². The Kier molecular flexibility index (Phi) is 5.66. The van der Waals surface area contributed by atoms with Gasteiger partial charge in [0.05, 0.1) is 6.54 Å². The van der Waals surface area contributed by atoms with Crippen molar-refractivity contribution in [3.8, 4) is 5.75 Å². The first kappa shape index (κ1) is 16.1. The first-order chi connectivity index (χ1) is 9.35. The standard InChI is InChI=1S/C13H17F3N2O2/c1-3-18(4-2)12(19)9-17-10-5-7-11(8-6-10)20-13(14,15)16/h5-8,17H,3-4,9H2,1-2H3. The number of amides is 1. The molecule has 1 aromatic rings. The summed E-state index contributed by atoms with van der Waals surface area (Å²) in [6, 6.07) is 5.24. The fourth-order valence-electron chi connectivity index (χ4n) is 1.64. The summed E-state index contributed by atoms with van der Waals surface area (Å²) < 4.78 is 39.7. The number of carbonyl (C=O) groups excluding carboxylic acids is 1. The second-order valence-electron chi connectivity index (χ2n) is 3.99. The average Bonchev–Trinajstić information content (AvgIpc) is 2.37. The largest absolute Gasteiger partial charge is 0.573 e. The molecule has 0 saturated heterocycles. The minimum Gasteiger partial charge on any atom is -0.406 e. The Hall–Kier alpha value is -1.92. The highest BCUT2D eigenvalue weighted by Gasteiger charge is 2.30. The number of ether oxygens (including phenoxy) is 1. The molecule has 0 fully saturated rings. The Morgan fingerprint density at radius 2 is 1.75 bits per heavy atom. The van der Waals surface area contributed by atoms with E-state index < -0.39 is 6.36 Å². The molecule has 4 nitrogen and oxygen atoms in total. The summed E-state index contributed by atoms with van der Waals surface area (Å²) in [5, 5.41) is 2.86. The smallest absolute Gasteiger partial charge is 0.406 e. The molecule has 0 aliphatic heterocycles. The van der Waals surface area contributed by atoms with Gasteiger partial charge in [0, 0.05) is 18.8 Å². The SMILES string of the molecule is CCN(CC)C(=O)CNc1ccc(OC(F)(F)F)cc1. The monoisotopic (exact) mass is 290 g/mol. The molecule has 1 N–H and O–H groups in total. The van der Waals surface area contributed by atoms with Gasteiger partial charge in [-0.2, -0.15) is 0 Å². The number of anilines is 1. The third-order valence-corrected chi connectivity index (χ3v) is 2.65. The van der Waals surface area contributed by atoms with Crippen LogP contribution in [0.1, 0.15) is 13.8 Å². The van der Waals surface area contributed by atoms with E-state index in [1.165, 1.54) is 24.3 Å². The molecule has 0 aliphatic rings. The van der Waals surface area contributed by atoms with Crippen molar-refractivity contribution in [3.63, 3.8) is 0 Å². The van der Waals surface area contributed by atoms with Crippen LogP contribution in [0.25, 0.3) is 0 Å². The molecule has 1 rings (SSSR count). The van der Waals surface area contributed by atoms with Crippen LogP contribution in [-0.2, 0) is 4.79 Å². The molecule has 0 unspecified atom stereocenters. The highest BCUT2D eigenvalue weighted by molar-refractivity contribution is 5.80. The molecule has 0 heterocycles. The summed E-state index contributed by atoms with van der Waals surface area (Å²) in [5.74, 6) is -0.358. The van der Waals surface area contributed by atoms with Gasteiger partial charge >= 0.3 is 6.36 Å². The number of carbonyl (C=O) groups is 1. The number of likely N-dealkylation sites (N-methyl/N-ethyl adjacent to an activating group) is 1. The molecule has 0 saturated carbocycles. The Morgan fingerprint density at radius 1 is 1.20 bits per heavy atom. The van der Waals surface area contributed by atoms with E-state index in [4.69, 9.17) is 0 Å². The molecular formula is C13H17F3N2O2. The van der Waals surface area contributed by atoms with E-state index >= 15 is 0 Å². The summed E-state index contributed by atoms with van der Waals surface area (Å²) in [7, 11) is 0. The summed E-state index contributed by atoms with van der Waals surface area (Å²) in [5.41, 5.74) is 0.556. The molecule has 0 spiro atoms. The predicted octanol–water partition coefficient (Wildman–Crippen LogP) is 2.87. The average molecular weight is 290 g/mol. The molecule has 0 aromatic heterocycles. The van der Waals surface area contributed by atoms with Crippen LogP contribution in [0, 0.1) is 0 Å². The second kappa shape index (κ2) is 7.02. The predicted molar refractivity (Wildman–Crippen MR) is 69.5 cm³/mol. The van der Waals surface area contributed by atoms with Gasteiger partial charge in [-0.15, -0.1) is 13.2 Å². The van der Waals surface area contributed by atoms with Crippen LogP contribution < -0.4 is 10.1 Å². The van der Waals surface area contributed by atoms with E-state index in [2.05, 4.69) is 10.1 Å². The van der Waals surface area contributed by atoms with Gasteiger partial charge in [-0.05, 0) is 38.1 Å². The van der Waals surface area contributed by atoms with Gasteiger partial charge in [0.15, 0.2) is 0 Å². The topological polar surface area (TPSA) is 41.6 Å². The van der Waals surface area contributed by atoms with Crippen molar-refractivity contribution < 1.29 is 22.7 Å². The number of hydrogen-bond donors (Lipinski definition) is 1. The van der Waals surface area contributed by atoms with Gasteiger partial charge in [-0.3, -0.25) is 4.79 Å². The van der Waals surface area contributed by atoms with Crippen molar-refractivity contribution in [2.75, 3.05) is 25.0 Å². The quantitative estimate of drug-likeness (QED) is 0.876. The molecular weight excluding hydrogens is 273 g/mol. The minimum absolute atomic E-state index is 0.0642.